The number of hydrogen-bond acceptors (Lipinski definition) is 3. The van der Waals surface area contributed by atoms with Crippen LogP contribution in [-0.4, -0.2) is 16.9 Å². The number of benzene rings is 1. The lowest BCUT2D eigenvalue weighted by atomic mass is 9.95. The third kappa shape index (κ3) is 2.56. The number of hydrogen-bond donors (Lipinski definition) is 2. The monoisotopic (exact) mass is 267 g/mol. The highest BCUT2D eigenvalue weighted by Gasteiger charge is 2.24. The van der Waals surface area contributed by atoms with Gasteiger partial charge in [-0.2, -0.15) is 0 Å². The number of nitrogens with one attached hydrogen (secondary N) is 2. The largest absolute Gasteiger partial charge is 0.323 e. The Morgan fingerprint density at radius 3 is 2.90 bits per heavy atom. The average molecular weight is 267 g/mol. The Morgan fingerprint density at radius 1 is 1.30 bits per heavy atom. The van der Waals surface area contributed by atoms with Crippen molar-refractivity contribution in [1.82, 2.24) is 10.3 Å². The zero-order valence-electron chi connectivity index (χ0n) is 11.4. The third-order valence-corrected chi connectivity index (χ3v) is 3.69. The van der Waals surface area contributed by atoms with Crippen LogP contribution in [0.25, 0.3) is 0 Å². The molecule has 0 bridgehead atoms. The fourth-order valence-electron chi connectivity index (χ4n) is 2.45. The zero-order chi connectivity index (χ0) is 13.9. The van der Waals surface area contributed by atoms with Crippen molar-refractivity contribution < 1.29 is 4.79 Å². The van der Waals surface area contributed by atoms with Crippen LogP contribution in [0.1, 0.15) is 16.7 Å². The van der Waals surface area contributed by atoms with Crippen LogP contribution in [-0.2, 0) is 17.8 Å². The first-order valence-electron chi connectivity index (χ1n) is 6.75. The highest BCUT2D eigenvalue weighted by Crippen LogP contribution is 2.18. The maximum Gasteiger partial charge on any atom is 0.241 e. The molecular weight excluding hydrogens is 250 g/mol. The van der Waals surface area contributed by atoms with E-state index in [1.807, 2.05) is 25.1 Å². The molecule has 0 saturated carbocycles. The van der Waals surface area contributed by atoms with Crippen molar-refractivity contribution in [2.75, 3.05) is 5.32 Å². The number of amides is 1. The summed E-state index contributed by atoms with van der Waals surface area (Å²) in [6.07, 6.45) is 4.13. The molecule has 102 valence electrons. The normalized spacial score (nSPS) is 17.4. The lowest BCUT2D eigenvalue weighted by Gasteiger charge is -2.25. The molecule has 1 unspecified atom stereocenters. The van der Waals surface area contributed by atoms with Crippen molar-refractivity contribution in [1.29, 1.82) is 0 Å². The molecular formula is C16H17N3O. The lowest BCUT2D eigenvalue weighted by Crippen LogP contribution is -2.44. The van der Waals surface area contributed by atoms with Gasteiger partial charge in [-0.15, -0.1) is 0 Å². The van der Waals surface area contributed by atoms with Crippen molar-refractivity contribution in [2.45, 2.75) is 25.9 Å². The summed E-state index contributed by atoms with van der Waals surface area (Å²) < 4.78 is 0. The van der Waals surface area contributed by atoms with Crippen molar-refractivity contribution in [3.63, 3.8) is 0 Å². The number of aryl methyl sites for hydroxylation is 1. The van der Waals surface area contributed by atoms with E-state index in [1.54, 1.807) is 12.4 Å². The number of rotatable bonds is 2. The topological polar surface area (TPSA) is 54.0 Å². The molecule has 20 heavy (non-hydrogen) atoms. The van der Waals surface area contributed by atoms with Gasteiger partial charge in [0.25, 0.3) is 0 Å². The summed E-state index contributed by atoms with van der Waals surface area (Å²) in [5.74, 6) is -0.00407. The molecule has 4 heteroatoms. The molecule has 0 radical (unpaired) electrons. The van der Waals surface area contributed by atoms with Gasteiger partial charge in [-0.25, -0.2) is 0 Å². The van der Waals surface area contributed by atoms with E-state index in [0.29, 0.717) is 0 Å². The van der Waals surface area contributed by atoms with E-state index < -0.39 is 0 Å². The van der Waals surface area contributed by atoms with Crippen LogP contribution < -0.4 is 10.6 Å². The first kappa shape index (κ1) is 12.8. The van der Waals surface area contributed by atoms with Crippen LogP contribution in [0.3, 0.4) is 0 Å². The standard InChI is InChI=1S/C16H17N3O/c1-11-6-7-17-10-15(11)19-16(20)14-8-12-4-2-3-5-13(12)9-18-14/h2-7,10,14,18H,8-9H2,1H3,(H,19,20). The first-order valence-corrected chi connectivity index (χ1v) is 6.75. The Labute approximate surface area is 118 Å². The van der Waals surface area contributed by atoms with E-state index in [9.17, 15) is 4.79 Å². The van der Waals surface area contributed by atoms with Crippen molar-refractivity contribution in [2.24, 2.45) is 0 Å². The number of aromatic nitrogens is 1. The summed E-state index contributed by atoms with van der Waals surface area (Å²) in [5.41, 5.74) is 4.31. The zero-order valence-corrected chi connectivity index (χ0v) is 11.4. The Kier molecular flexibility index (Phi) is 3.48. The van der Waals surface area contributed by atoms with Crippen LogP contribution in [0.4, 0.5) is 5.69 Å². The number of anilines is 1. The fraction of sp³-hybridized carbons (Fsp3) is 0.250. The molecule has 1 aliphatic heterocycles. The molecule has 4 nitrogen and oxygen atoms in total. The molecule has 0 saturated heterocycles. The van der Waals surface area contributed by atoms with Crippen LogP contribution in [0.2, 0.25) is 0 Å². The van der Waals surface area contributed by atoms with Crippen molar-refractivity contribution in [3.8, 4) is 0 Å². The van der Waals surface area contributed by atoms with Gasteiger partial charge in [0.05, 0.1) is 17.9 Å². The van der Waals surface area contributed by atoms with Crippen LogP contribution >= 0.6 is 0 Å². The van der Waals surface area contributed by atoms with Gasteiger partial charge in [-0.1, -0.05) is 24.3 Å². The van der Waals surface area contributed by atoms with Crippen LogP contribution in [0.5, 0.6) is 0 Å². The van der Waals surface area contributed by atoms with Gasteiger partial charge in [-0.3, -0.25) is 9.78 Å². The maximum atomic E-state index is 12.3. The van der Waals surface area contributed by atoms with Crippen LogP contribution in [0, 0.1) is 6.92 Å². The minimum atomic E-state index is -0.190. The van der Waals surface area contributed by atoms with E-state index in [-0.39, 0.29) is 11.9 Å². The Balaban J connectivity index is 1.72. The molecule has 3 rings (SSSR count). The molecule has 0 aliphatic carbocycles. The smallest absolute Gasteiger partial charge is 0.241 e. The quantitative estimate of drug-likeness (QED) is 0.875. The van der Waals surface area contributed by atoms with Crippen molar-refractivity contribution in [3.05, 3.63) is 59.4 Å². The van der Waals surface area contributed by atoms with Gasteiger partial charge >= 0.3 is 0 Å². The summed E-state index contributed by atoms with van der Waals surface area (Å²) in [4.78, 5) is 16.4. The third-order valence-electron chi connectivity index (χ3n) is 3.69. The summed E-state index contributed by atoms with van der Waals surface area (Å²) in [6.45, 7) is 2.70. The number of carbonyl (C=O) groups excluding carboxylic acids is 1. The maximum absolute atomic E-state index is 12.3. The Hall–Kier alpha value is -2.20. The minimum Gasteiger partial charge on any atom is -0.323 e. The van der Waals surface area contributed by atoms with Gasteiger partial charge in [0, 0.05) is 12.7 Å². The minimum absolute atomic E-state index is 0.00407. The average Bonchev–Trinajstić information content (AvgIpc) is 2.49. The second-order valence-electron chi connectivity index (χ2n) is 5.09. The van der Waals surface area contributed by atoms with Gasteiger partial charge in [0.1, 0.15) is 0 Å². The Morgan fingerprint density at radius 2 is 2.10 bits per heavy atom. The molecule has 2 aromatic rings. The number of nitrogens with zero attached hydrogens (tertiary/aromatic N) is 1. The molecule has 2 heterocycles. The van der Waals surface area contributed by atoms with E-state index in [0.717, 1.165) is 24.2 Å². The molecule has 1 aromatic carbocycles. The highest BCUT2D eigenvalue weighted by atomic mass is 16.2. The van der Waals surface area contributed by atoms with E-state index in [4.69, 9.17) is 0 Å². The van der Waals surface area contributed by atoms with Crippen molar-refractivity contribution >= 4 is 11.6 Å². The summed E-state index contributed by atoms with van der Waals surface area (Å²) >= 11 is 0. The number of carbonyl (C=O) groups is 1. The highest BCUT2D eigenvalue weighted by molar-refractivity contribution is 5.95. The van der Waals surface area contributed by atoms with Crippen LogP contribution in [0.15, 0.2) is 42.7 Å². The summed E-state index contributed by atoms with van der Waals surface area (Å²) in [6, 6.07) is 9.93. The predicted octanol–water partition coefficient (Wildman–Crippen LogP) is 2.04. The predicted molar refractivity (Wildman–Crippen MR) is 78.4 cm³/mol. The molecule has 1 aromatic heterocycles. The summed E-state index contributed by atoms with van der Waals surface area (Å²) in [5, 5.41) is 6.23. The second-order valence-corrected chi connectivity index (χ2v) is 5.09. The molecule has 0 spiro atoms. The van der Waals surface area contributed by atoms with Gasteiger partial charge < -0.3 is 10.6 Å². The fourth-order valence-corrected chi connectivity index (χ4v) is 2.45. The molecule has 1 aliphatic rings. The SMILES string of the molecule is Cc1ccncc1NC(=O)C1Cc2ccccc2CN1. The first-order chi connectivity index (χ1) is 9.74. The van der Waals surface area contributed by atoms with E-state index in [2.05, 4.69) is 27.8 Å². The van der Waals surface area contributed by atoms with E-state index >= 15 is 0 Å². The molecule has 1 amide bonds. The number of pyridine rings is 1. The molecule has 0 fully saturated rings. The van der Waals surface area contributed by atoms with Gasteiger partial charge in [0.15, 0.2) is 0 Å². The molecule has 2 N–H and O–H groups in total. The molecule has 1 atom stereocenters. The second kappa shape index (κ2) is 5.43. The van der Waals surface area contributed by atoms with E-state index in [1.165, 1.54) is 11.1 Å². The lowest BCUT2D eigenvalue weighted by molar-refractivity contribution is -0.118. The van der Waals surface area contributed by atoms with Gasteiger partial charge in [0.2, 0.25) is 5.91 Å². The van der Waals surface area contributed by atoms with Gasteiger partial charge in [-0.05, 0) is 36.1 Å². The number of fused-ring (bicyclic) bond motifs is 1. The Bertz CT molecular complexity index is 639. The summed E-state index contributed by atoms with van der Waals surface area (Å²) in [7, 11) is 0.